The number of aromatic nitrogens is 6. The van der Waals surface area contributed by atoms with E-state index in [-0.39, 0.29) is 0 Å². The molecule has 0 fully saturated rings. The number of aryl methyl sites for hydroxylation is 1. The number of hydrogen-bond donors (Lipinski definition) is 1. The van der Waals surface area contributed by atoms with Gasteiger partial charge in [-0.15, -0.1) is 0 Å². The molecular weight excluding hydrogens is 422 g/mol. The van der Waals surface area contributed by atoms with Crippen molar-refractivity contribution in [3.63, 3.8) is 0 Å². The fraction of sp³-hybridized carbons (Fsp3) is 0.148. The molecule has 7 heteroatoms. The second-order valence-electron chi connectivity index (χ2n) is 9.10. The second-order valence-corrected chi connectivity index (χ2v) is 9.10. The van der Waals surface area contributed by atoms with Crippen molar-refractivity contribution < 1.29 is 0 Å². The molecule has 0 radical (unpaired) electrons. The molecule has 7 nitrogen and oxygen atoms in total. The summed E-state index contributed by atoms with van der Waals surface area (Å²) >= 11 is 0. The number of hydrogen-bond acceptors (Lipinski definition) is 5. The van der Waals surface area contributed by atoms with Gasteiger partial charge in [0.25, 0.3) is 0 Å². The predicted octanol–water partition coefficient (Wildman–Crippen LogP) is 5.60. The fourth-order valence-electron chi connectivity index (χ4n) is 4.66. The van der Waals surface area contributed by atoms with Gasteiger partial charge < -0.3 is 0 Å². The van der Waals surface area contributed by atoms with E-state index in [1.165, 1.54) is 0 Å². The first kappa shape index (κ1) is 20.1. The summed E-state index contributed by atoms with van der Waals surface area (Å²) in [5.74, 6) is 0. The molecular formula is C27H21N7. The molecule has 0 atom stereocenters. The number of pyridine rings is 2. The topological polar surface area (TPSA) is 95.6 Å². The van der Waals surface area contributed by atoms with Crippen LogP contribution in [-0.2, 0) is 5.41 Å². The van der Waals surface area contributed by atoms with Crippen LogP contribution in [0.4, 0.5) is 0 Å². The summed E-state index contributed by atoms with van der Waals surface area (Å²) in [6.07, 6.45) is 5.29. The van der Waals surface area contributed by atoms with Crippen molar-refractivity contribution in [2.45, 2.75) is 26.2 Å². The molecule has 0 saturated carbocycles. The molecule has 0 aliphatic heterocycles. The van der Waals surface area contributed by atoms with E-state index < -0.39 is 5.41 Å². The zero-order valence-electron chi connectivity index (χ0n) is 19.0. The van der Waals surface area contributed by atoms with Crippen LogP contribution in [0.1, 0.15) is 25.0 Å². The molecule has 6 rings (SSSR count). The highest BCUT2D eigenvalue weighted by Crippen LogP contribution is 2.36. The molecule has 34 heavy (non-hydrogen) atoms. The lowest BCUT2D eigenvalue weighted by atomic mass is 9.82. The van der Waals surface area contributed by atoms with E-state index in [1.54, 1.807) is 10.8 Å². The molecule has 0 saturated heterocycles. The maximum atomic E-state index is 9.57. The van der Waals surface area contributed by atoms with Gasteiger partial charge in [0.05, 0.1) is 28.7 Å². The van der Waals surface area contributed by atoms with Crippen molar-refractivity contribution in [2.75, 3.05) is 0 Å². The van der Waals surface area contributed by atoms with Gasteiger partial charge in [-0.3, -0.25) is 10.1 Å². The molecule has 164 valence electrons. The van der Waals surface area contributed by atoms with Crippen LogP contribution < -0.4 is 0 Å². The molecule has 0 unspecified atom stereocenters. The van der Waals surface area contributed by atoms with Gasteiger partial charge in [-0.25, -0.2) is 9.50 Å². The Morgan fingerprint density at radius 1 is 0.971 bits per heavy atom. The van der Waals surface area contributed by atoms with Gasteiger partial charge in [0.2, 0.25) is 0 Å². The molecule has 1 N–H and O–H groups in total. The van der Waals surface area contributed by atoms with Crippen molar-refractivity contribution in [2.24, 2.45) is 0 Å². The van der Waals surface area contributed by atoms with Crippen LogP contribution in [0.2, 0.25) is 0 Å². The van der Waals surface area contributed by atoms with Crippen LogP contribution in [0.3, 0.4) is 0 Å². The molecule has 0 bridgehead atoms. The minimum atomic E-state index is -0.548. The first-order valence-electron chi connectivity index (χ1n) is 11.0. The zero-order valence-corrected chi connectivity index (χ0v) is 19.0. The van der Waals surface area contributed by atoms with E-state index >= 15 is 0 Å². The highest BCUT2D eigenvalue weighted by Gasteiger charge is 2.23. The summed E-state index contributed by atoms with van der Waals surface area (Å²) in [5, 5.41) is 23.6. The number of nitrogens with zero attached hydrogens (tertiary/aromatic N) is 6. The van der Waals surface area contributed by atoms with E-state index in [0.29, 0.717) is 0 Å². The molecule has 0 aliphatic rings. The maximum absolute atomic E-state index is 9.57. The Labute approximate surface area is 195 Å². The quantitative estimate of drug-likeness (QED) is 0.384. The molecule has 4 aromatic heterocycles. The van der Waals surface area contributed by atoms with Crippen LogP contribution in [0.25, 0.3) is 49.8 Å². The van der Waals surface area contributed by atoms with E-state index in [0.717, 1.165) is 61.0 Å². The van der Waals surface area contributed by atoms with Crippen LogP contribution in [0.5, 0.6) is 0 Å². The average molecular weight is 444 g/mol. The van der Waals surface area contributed by atoms with Crippen LogP contribution >= 0.6 is 0 Å². The molecule has 0 amide bonds. The molecule has 6 aromatic rings. The Morgan fingerprint density at radius 3 is 2.62 bits per heavy atom. The number of aromatic amines is 1. The number of nitrogens with one attached hydrogen (secondary N) is 1. The largest absolute Gasteiger partial charge is 0.276 e. The van der Waals surface area contributed by atoms with E-state index in [2.05, 4.69) is 49.5 Å². The minimum Gasteiger partial charge on any atom is -0.276 e. The summed E-state index contributed by atoms with van der Waals surface area (Å²) in [7, 11) is 0. The third-order valence-corrected chi connectivity index (χ3v) is 6.46. The Hall–Kier alpha value is -4.57. The van der Waals surface area contributed by atoms with Gasteiger partial charge in [-0.2, -0.15) is 15.5 Å². The molecule has 0 aliphatic carbocycles. The summed E-state index contributed by atoms with van der Waals surface area (Å²) in [5.41, 5.74) is 8.14. The lowest BCUT2D eigenvalue weighted by Crippen LogP contribution is -2.15. The average Bonchev–Trinajstić information content (AvgIpc) is 3.50. The van der Waals surface area contributed by atoms with Crippen molar-refractivity contribution in [3.05, 3.63) is 78.4 Å². The summed E-state index contributed by atoms with van der Waals surface area (Å²) in [6.45, 7) is 5.93. The number of nitriles is 1. The monoisotopic (exact) mass is 443 g/mol. The predicted molar refractivity (Wildman–Crippen MR) is 132 cm³/mol. The first-order valence-corrected chi connectivity index (χ1v) is 11.0. The number of fused-ring (bicyclic) bond motifs is 4. The molecule has 2 aromatic carbocycles. The van der Waals surface area contributed by atoms with E-state index in [1.807, 2.05) is 63.5 Å². The van der Waals surface area contributed by atoms with Gasteiger partial charge in [-0.1, -0.05) is 18.2 Å². The summed E-state index contributed by atoms with van der Waals surface area (Å²) < 4.78 is 1.75. The molecule has 0 spiro atoms. The molecule has 4 heterocycles. The maximum Gasteiger partial charge on any atom is 0.155 e. The van der Waals surface area contributed by atoms with Gasteiger partial charge in [0.15, 0.2) is 5.65 Å². The van der Waals surface area contributed by atoms with Crippen LogP contribution in [-0.4, -0.2) is 29.8 Å². The summed E-state index contributed by atoms with van der Waals surface area (Å²) in [6, 6.07) is 18.9. The number of H-pyrrole nitrogens is 1. The van der Waals surface area contributed by atoms with Gasteiger partial charge in [-0.05, 0) is 73.4 Å². The Morgan fingerprint density at radius 2 is 1.79 bits per heavy atom. The normalized spacial score (nSPS) is 11.9. The van der Waals surface area contributed by atoms with Crippen molar-refractivity contribution in [1.82, 2.24) is 29.8 Å². The van der Waals surface area contributed by atoms with Crippen LogP contribution in [0, 0.1) is 18.3 Å². The Balaban J connectivity index is 1.54. The number of rotatable bonds is 3. The van der Waals surface area contributed by atoms with Gasteiger partial charge >= 0.3 is 0 Å². The smallest absolute Gasteiger partial charge is 0.155 e. The third-order valence-electron chi connectivity index (χ3n) is 6.46. The minimum absolute atomic E-state index is 0.548. The lowest BCUT2D eigenvalue weighted by molar-refractivity contribution is 0.681. The van der Waals surface area contributed by atoms with E-state index in [4.69, 9.17) is 0 Å². The van der Waals surface area contributed by atoms with E-state index in [9.17, 15) is 5.26 Å². The second kappa shape index (κ2) is 7.22. The Bertz CT molecular complexity index is 1770. The SMILES string of the molecule is Cc1cc(-c2n[nH]c3cnc4ccc(-c5ccn6ncnc6c5)cc4c23)ccc1C(C)(C)C#N. The standard InChI is InChI=1S/C27H21N7/c1-16-10-19(4-6-21(16)27(2,3)14-28)26-25-20-11-17(5-7-22(20)29-13-23(25)32-33-26)18-8-9-34-24(12-18)30-15-31-34/h4-13,15H,1-3H3,(H,32,33). The lowest BCUT2D eigenvalue weighted by Gasteiger charge is -2.19. The summed E-state index contributed by atoms with van der Waals surface area (Å²) in [4.78, 5) is 8.94. The van der Waals surface area contributed by atoms with Gasteiger partial charge in [0.1, 0.15) is 12.0 Å². The van der Waals surface area contributed by atoms with Crippen LogP contribution in [0.15, 0.2) is 67.3 Å². The highest BCUT2D eigenvalue weighted by atomic mass is 15.3. The fourth-order valence-corrected chi connectivity index (χ4v) is 4.66. The van der Waals surface area contributed by atoms with Crippen molar-refractivity contribution in [1.29, 1.82) is 5.26 Å². The van der Waals surface area contributed by atoms with Crippen molar-refractivity contribution >= 4 is 27.5 Å². The van der Waals surface area contributed by atoms with Crippen molar-refractivity contribution in [3.8, 4) is 28.5 Å². The third kappa shape index (κ3) is 3.04. The highest BCUT2D eigenvalue weighted by molar-refractivity contribution is 6.11. The first-order chi connectivity index (χ1) is 16.4. The zero-order chi connectivity index (χ0) is 23.4. The Kier molecular flexibility index (Phi) is 4.26. The number of benzene rings is 2. The van der Waals surface area contributed by atoms with Gasteiger partial charge in [0, 0.05) is 22.5 Å².